The lowest BCUT2D eigenvalue weighted by Gasteiger charge is -2.07. The number of halogens is 2. The second-order valence-corrected chi connectivity index (χ2v) is 5.80. The van der Waals surface area contributed by atoms with E-state index in [-0.39, 0.29) is 12.1 Å². The molecule has 2 aromatic heterocycles. The minimum absolute atomic E-state index is 0.103. The maximum Gasteiger partial charge on any atom is 0.271 e. The van der Waals surface area contributed by atoms with E-state index in [1.807, 2.05) is 12.3 Å². The average molecular weight is 309 g/mol. The summed E-state index contributed by atoms with van der Waals surface area (Å²) in [4.78, 5) is 16.6. The smallest absolute Gasteiger partial charge is 0.271 e. The van der Waals surface area contributed by atoms with Gasteiger partial charge in [0.15, 0.2) is 0 Å². The van der Waals surface area contributed by atoms with E-state index in [9.17, 15) is 9.18 Å². The highest BCUT2D eigenvalue weighted by Gasteiger charge is 2.10. The third-order valence-electron chi connectivity index (χ3n) is 3.08. The van der Waals surface area contributed by atoms with Gasteiger partial charge in [-0.25, -0.2) is 9.37 Å². The van der Waals surface area contributed by atoms with Gasteiger partial charge in [-0.2, -0.15) is 0 Å². The van der Waals surface area contributed by atoms with E-state index in [4.69, 9.17) is 11.6 Å². The quantitative estimate of drug-likeness (QED) is 0.725. The van der Waals surface area contributed by atoms with Crippen molar-refractivity contribution in [1.29, 1.82) is 0 Å². The van der Waals surface area contributed by atoms with Crippen LogP contribution >= 0.6 is 22.9 Å². The molecule has 0 bridgehead atoms. The van der Waals surface area contributed by atoms with Gasteiger partial charge >= 0.3 is 0 Å². The van der Waals surface area contributed by atoms with Gasteiger partial charge in [-0.1, -0.05) is 17.7 Å². The molecule has 3 rings (SSSR count). The van der Waals surface area contributed by atoms with Gasteiger partial charge in [0.2, 0.25) is 0 Å². The highest BCUT2D eigenvalue weighted by Crippen LogP contribution is 2.21. The van der Waals surface area contributed by atoms with Gasteiger partial charge in [0.25, 0.3) is 5.56 Å². The fraction of sp³-hybridized carbons (Fsp3) is 0.143. The molecule has 0 amide bonds. The molecule has 0 saturated carbocycles. The Balaban J connectivity index is 2.07. The van der Waals surface area contributed by atoms with Crippen LogP contribution in [0.2, 0.25) is 5.02 Å². The van der Waals surface area contributed by atoms with E-state index in [1.165, 1.54) is 34.4 Å². The van der Waals surface area contributed by atoms with Crippen LogP contribution in [0.3, 0.4) is 0 Å². The lowest BCUT2D eigenvalue weighted by Crippen LogP contribution is -2.20. The minimum Gasteiger partial charge on any atom is -0.293 e. The van der Waals surface area contributed by atoms with Crippen LogP contribution in [-0.4, -0.2) is 9.55 Å². The molecular weight excluding hydrogens is 299 g/mol. The van der Waals surface area contributed by atoms with Crippen molar-refractivity contribution in [2.75, 3.05) is 0 Å². The molecule has 0 atom stereocenters. The Hall–Kier alpha value is -1.72. The molecule has 0 spiro atoms. The standard InChI is InChI=1S/C14H10ClFN2OS/c1-8-6-20-13-12(8)17-7-18(14(13)19)5-9-2-3-10(16)4-11(9)15/h2-4,6-7H,5H2,1H3. The first-order valence-corrected chi connectivity index (χ1v) is 7.19. The number of aromatic nitrogens is 2. The fourth-order valence-electron chi connectivity index (χ4n) is 2.01. The highest BCUT2D eigenvalue weighted by atomic mass is 35.5. The van der Waals surface area contributed by atoms with Gasteiger partial charge in [-0.05, 0) is 35.6 Å². The van der Waals surface area contributed by atoms with Crippen molar-refractivity contribution in [3.8, 4) is 0 Å². The molecule has 0 unspecified atom stereocenters. The fourth-order valence-corrected chi connectivity index (χ4v) is 3.18. The predicted molar refractivity (Wildman–Crippen MR) is 79.1 cm³/mol. The minimum atomic E-state index is -0.395. The summed E-state index contributed by atoms with van der Waals surface area (Å²) in [7, 11) is 0. The summed E-state index contributed by atoms with van der Waals surface area (Å²) in [5.74, 6) is -0.395. The van der Waals surface area contributed by atoms with Crippen molar-refractivity contribution in [1.82, 2.24) is 9.55 Å². The lowest BCUT2D eigenvalue weighted by molar-refractivity contribution is 0.626. The van der Waals surface area contributed by atoms with E-state index in [0.717, 1.165) is 11.1 Å². The number of rotatable bonds is 2. The average Bonchev–Trinajstić information content (AvgIpc) is 2.78. The van der Waals surface area contributed by atoms with Crippen LogP contribution in [0.15, 0.2) is 34.7 Å². The normalized spacial score (nSPS) is 11.2. The molecule has 0 aliphatic carbocycles. The summed E-state index contributed by atoms with van der Waals surface area (Å²) in [6.45, 7) is 2.20. The molecule has 6 heteroatoms. The Kier molecular flexibility index (Phi) is 3.31. The third kappa shape index (κ3) is 2.23. The van der Waals surface area contributed by atoms with Crippen LogP contribution in [0, 0.1) is 12.7 Å². The molecule has 3 aromatic rings. The molecule has 0 saturated heterocycles. The molecule has 20 heavy (non-hydrogen) atoms. The van der Waals surface area contributed by atoms with Crippen molar-refractivity contribution in [3.05, 3.63) is 62.2 Å². The Bertz CT molecular complexity index is 856. The SMILES string of the molecule is Cc1csc2c(=O)n(Cc3ccc(F)cc3Cl)cnc12. The van der Waals surface area contributed by atoms with Crippen LogP contribution < -0.4 is 5.56 Å². The highest BCUT2D eigenvalue weighted by molar-refractivity contribution is 7.17. The van der Waals surface area contributed by atoms with E-state index >= 15 is 0 Å². The van der Waals surface area contributed by atoms with Gasteiger partial charge in [-0.3, -0.25) is 9.36 Å². The van der Waals surface area contributed by atoms with Crippen molar-refractivity contribution >= 4 is 33.2 Å². The Labute approximate surface area is 123 Å². The van der Waals surface area contributed by atoms with Crippen molar-refractivity contribution < 1.29 is 4.39 Å². The zero-order valence-corrected chi connectivity index (χ0v) is 12.1. The summed E-state index contributed by atoms with van der Waals surface area (Å²) in [5.41, 5.74) is 2.31. The van der Waals surface area contributed by atoms with E-state index < -0.39 is 5.82 Å². The first kappa shape index (κ1) is 13.3. The molecule has 2 heterocycles. The first-order valence-electron chi connectivity index (χ1n) is 5.93. The summed E-state index contributed by atoms with van der Waals surface area (Å²) < 4.78 is 15.1. The number of benzene rings is 1. The van der Waals surface area contributed by atoms with E-state index in [0.29, 0.717) is 15.3 Å². The maximum atomic E-state index is 13.0. The Morgan fingerprint density at radius 3 is 3.00 bits per heavy atom. The molecule has 0 fully saturated rings. The largest absolute Gasteiger partial charge is 0.293 e. The maximum absolute atomic E-state index is 13.0. The topological polar surface area (TPSA) is 34.9 Å². The molecule has 102 valence electrons. The summed E-state index contributed by atoms with van der Waals surface area (Å²) in [6, 6.07) is 4.14. The number of thiophene rings is 1. The van der Waals surface area contributed by atoms with Crippen LogP contribution in [-0.2, 0) is 6.54 Å². The van der Waals surface area contributed by atoms with E-state index in [2.05, 4.69) is 4.98 Å². The Morgan fingerprint density at radius 1 is 1.45 bits per heavy atom. The van der Waals surface area contributed by atoms with Gasteiger partial charge in [0.05, 0.1) is 18.4 Å². The molecule has 0 radical (unpaired) electrons. The first-order chi connectivity index (χ1) is 9.56. The van der Waals surface area contributed by atoms with Crippen LogP contribution in [0.5, 0.6) is 0 Å². The van der Waals surface area contributed by atoms with Gasteiger partial charge in [0.1, 0.15) is 10.5 Å². The van der Waals surface area contributed by atoms with E-state index in [1.54, 1.807) is 6.07 Å². The summed E-state index contributed by atoms with van der Waals surface area (Å²) in [5, 5.41) is 2.22. The van der Waals surface area contributed by atoms with Crippen LogP contribution in [0.1, 0.15) is 11.1 Å². The predicted octanol–water partition coefficient (Wildman–Crippen LogP) is 3.61. The molecule has 1 aromatic carbocycles. The van der Waals surface area contributed by atoms with Gasteiger partial charge in [0, 0.05) is 5.02 Å². The van der Waals surface area contributed by atoms with Crippen molar-refractivity contribution in [3.63, 3.8) is 0 Å². The summed E-state index contributed by atoms with van der Waals surface area (Å²) >= 11 is 7.36. The number of hydrogen-bond donors (Lipinski definition) is 0. The Morgan fingerprint density at radius 2 is 2.25 bits per heavy atom. The number of aryl methyl sites for hydroxylation is 1. The number of fused-ring (bicyclic) bond motifs is 1. The van der Waals surface area contributed by atoms with Crippen molar-refractivity contribution in [2.24, 2.45) is 0 Å². The molecule has 0 aliphatic heterocycles. The zero-order valence-electron chi connectivity index (χ0n) is 10.6. The monoisotopic (exact) mass is 308 g/mol. The van der Waals surface area contributed by atoms with Crippen molar-refractivity contribution in [2.45, 2.75) is 13.5 Å². The summed E-state index contributed by atoms with van der Waals surface area (Å²) in [6.07, 6.45) is 1.50. The number of nitrogens with zero attached hydrogens (tertiary/aromatic N) is 2. The van der Waals surface area contributed by atoms with Gasteiger partial charge in [-0.15, -0.1) is 11.3 Å². The van der Waals surface area contributed by atoms with Crippen LogP contribution in [0.4, 0.5) is 4.39 Å². The third-order valence-corrected chi connectivity index (χ3v) is 4.51. The zero-order chi connectivity index (χ0) is 14.3. The molecule has 3 nitrogen and oxygen atoms in total. The lowest BCUT2D eigenvalue weighted by atomic mass is 10.2. The second-order valence-electron chi connectivity index (χ2n) is 4.51. The molecular formula is C14H10ClFN2OS. The molecule has 0 aliphatic rings. The van der Waals surface area contributed by atoms with Crippen LogP contribution in [0.25, 0.3) is 10.2 Å². The molecule has 0 N–H and O–H groups in total. The number of hydrogen-bond acceptors (Lipinski definition) is 3. The van der Waals surface area contributed by atoms with Gasteiger partial charge < -0.3 is 0 Å². The second kappa shape index (κ2) is 5.00.